The van der Waals surface area contributed by atoms with Gasteiger partial charge in [0.05, 0.1) is 14.2 Å². The van der Waals surface area contributed by atoms with Crippen molar-refractivity contribution in [2.45, 2.75) is 13.0 Å². The molecule has 3 aromatic rings. The van der Waals surface area contributed by atoms with E-state index in [0.717, 1.165) is 23.3 Å². The van der Waals surface area contributed by atoms with Crippen LogP contribution >= 0.6 is 0 Å². The third-order valence-corrected chi connectivity index (χ3v) is 3.92. The lowest BCUT2D eigenvalue weighted by atomic mass is 10.1. The van der Waals surface area contributed by atoms with E-state index in [0.29, 0.717) is 23.0 Å². The second-order valence-corrected chi connectivity index (χ2v) is 5.65. The van der Waals surface area contributed by atoms with Crippen LogP contribution in [0.3, 0.4) is 0 Å². The molecule has 1 heterocycles. The van der Waals surface area contributed by atoms with Gasteiger partial charge in [-0.2, -0.15) is 0 Å². The molecule has 0 spiro atoms. The van der Waals surface area contributed by atoms with E-state index in [1.165, 1.54) is 0 Å². The molecule has 0 saturated heterocycles. The number of methoxy groups -OCH3 is 2. The van der Waals surface area contributed by atoms with E-state index in [-0.39, 0.29) is 6.61 Å². The summed E-state index contributed by atoms with van der Waals surface area (Å²) in [5, 5.41) is 4.11. The quantitative estimate of drug-likeness (QED) is 0.552. The maximum atomic E-state index is 5.84. The molecule has 0 aliphatic rings. The summed E-state index contributed by atoms with van der Waals surface area (Å²) in [5.41, 5.74) is 2.69. The minimum Gasteiger partial charge on any atom is -0.496 e. The van der Waals surface area contributed by atoms with Crippen LogP contribution in [0, 0.1) is 0 Å². The van der Waals surface area contributed by atoms with Gasteiger partial charge in [-0.05, 0) is 36.2 Å². The van der Waals surface area contributed by atoms with Gasteiger partial charge >= 0.3 is 0 Å². The lowest BCUT2D eigenvalue weighted by molar-refractivity contribution is 0.239. The molecule has 0 N–H and O–H groups in total. The molecule has 0 fully saturated rings. The summed E-state index contributed by atoms with van der Waals surface area (Å²) >= 11 is 0. The molecule has 0 amide bonds. The van der Waals surface area contributed by atoms with E-state index in [4.69, 9.17) is 18.7 Å². The average molecular weight is 351 g/mol. The Morgan fingerprint density at radius 1 is 1.00 bits per heavy atom. The minimum atomic E-state index is 0.249. The predicted octanol–water partition coefficient (Wildman–Crippen LogP) is 4.67. The molecule has 3 rings (SSSR count). The number of nitrogens with zero attached hydrogens (tertiary/aromatic N) is 1. The molecule has 5 heteroatoms. The molecule has 134 valence electrons. The number of ether oxygens (including phenoxy) is 3. The molecule has 0 unspecified atom stereocenters. The largest absolute Gasteiger partial charge is 0.496 e. The van der Waals surface area contributed by atoms with E-state index >= 15 is 0 Å². The van der Waals surface area contributed by atoms with Crippen LogP contribution in [-0.4, -0.2) is 19.4 Å². The van der Waals surface area contributed by atoms with Crippen molar-refractivity contribution in [3.05, 3.63) is 72.5 Å². The molecule has 0 saturated carbocycles. The predicted molar refractivity (Wildman–Crippen MR) is 99.7 cm³/mol. The normalized spacial score (nSPS) is 10.4. The highest BCUT2D eigenvalue weighted by molar-refractivity contribution is 5.66. The van der Waals surface area contributed by atoms with Crippen LogP contribution in [0.15, 0.2) is 65.7 Å². The van der Waals surface area contributed by atoms with E-state index in [1.54, 1.807) is 14.2 Å². The molecule has 26 heavy (non-hydrogen) atoms. The van der Waals surface area contributed by atoms with Crippen LogP contribution in [0.25, 0.3) is 11.3 Å². The number of para-hydroxylation sites is 1. The van der Waals surface area contributed by atoms with Gasteiger partial charge in [-0.3, -0.25) is 0 Å². The van der Waals surface area contributed by atoms with Gasteiger partial charge in [0.15, 0.2) is 17.3 Å². The Kier molecular flexibility index (Phi) is 5.59. The molecule has 1 aromatic heterocycles. The van der Waals surface area contributed by atoms with E-state index in [2.05, 4.69) is 11.7 Å². The second-order valence-electron chi connectivity index (χ2n) is 5.65. The number of benzene rings is 2. The van der Waals surface area contributed by atoms with Crippen LogP contribution < -0.4 is 14.2 Å². The third-order valence-electron chi connectivity index (χ3n) is 3.92. The van der Waals surface area contributed by atoms with Gasteiger partial charge in [0.1, 0.15) is 18.1 Å². The number of allylic oxidation sites excluding steroid dienone is 1. The van der Waals surface area contributed by atoms with Gasteiger partial charge in [0, 0.05) is 11.6 Å². The molecule has 0 aliphatic heterocycles. The highest BCUT2D eigenvalue weighted by Gasteiger charge is 2.12. The smallest absolute Gasteiger partial charge is 0.174 e. The Morgan fingerprint density at radius 2 is 1.81 bits per heavy atom. The first kappa shape index (κ1) is 17.6. The van der Waals surface area contributed by atoms with Gasteiger partial charge in [0.25, 0.3) is 0 Å². The maximum absolute atomic E-state index is 5.84. The van der Waals surface area contributed by atoms with Crippen LogP contribution in [-0.2, 0) is 13.0 Å². The van der Waals surface area contributed by atoms with Crippen LogP contribution in [0.5, 0.6) is 17.2 Å². The third kappa shape index (κ3) is 3.88. The Morgan fingerprint density at radius 3 is 2.58 bits per heavy atom. The highest BCUT2D eigenvalue weighted by atomic mass is 16.5. The second kappa shape index (κ2) is 8.25. The summed E-state index contributed by atoms with van der Waals surface area (Å²) in [5.74, 6) is 2.68. The monoisotopic (exact) mass is 351 g/mol. The Bertz CT molecular complexity index is 885. The summed E-state index contributed by atoms with van der Waals surface area (Å²) in [6.07, 6.45) is 2.63. The van der Waals surface area contributed by atoms with Crippen molar-refractivity contribution in [2.24, 2.45) is 0 Å². The van der Waals surface area contributed by atoms with Gasteiger partial charge in [-0.15, -0.1) is 6.58 Å². The van der Waals surface area contributed by atoms with Crippen LogP contribution in [0.4, 0.5) is 0 Å². The standard InChI is InChI=1S/C21H21NO4/c1-4-7-15-10-11-20(21(12-15)24-3)25-14-16-13-18(22-26-16)17-8-5-6-9-19(17)23-2/h4-6,8-13H,1,7,14H2,2-3H3. The zero-order valence-electron chi connectivity index (χ0n) is 14.9. The van der Waals surface area contributed by atoms with E-state index in [9.17, 15) is 0 Å². The Labute approximate surface area is 152 Å². The van der Waals surface area contributed by atoms with Crippen molar-refractivity contribution in [3.8, 4) is 28.5 Å². The van der Waals surface area contributed by atoms with Gasteiger partial charge < -0.3 is 18.7 Å². The number of aromatic nitrogens is 1. The van der Waals surface area contributed by atoms with Gasteiger partial charge in [-0.1, -0.05) is 29.4 Å². The summed E-state index contributed by atoms with van der Waals surface area (Å²) in [7, 11) is 3.25. The van der Waals surface area contributed by atoms with Crippen molar-refractivity contribution >= 4 is 0 Å². The Hall–Kier alpha value is -3.21. The molecule has 5 nitrogen and oxygen atoms in total. The zero-order valence-corrected chi connectivity index (χ0v) is 14.9. The Balaban J connectivity index is 1.73. The fourth-order valence-electron chi connectivity index (χ4n) is 2.64. The fourth-order valence-corrected chi connectivity index (χ4v) is 2.64. The molecule has 0 aliphatic carbocycles. The van der Waals surface area contributed by atoms with Crippen molar-refractivity contribution in [1.29, 1.82) is 0 Å². The summed E-state index contributed by atoms with van der Waals surface area (Å²) < 4.78 is 22.0. The lowest BCUT2D eigenvalue weighted by Crippen LogP contribution is -1.97. The number of hydrogen-bond donors (Lipinski definition) is 0. The van der Waals surface area contributed by atoms with Crippen molar-refractivity contribution < 1.29 is 18.7 Å². The summed E-state index contributed by atoms with van der Waals surface area (Å²) in [4.78, 5) is 0. The van der Waals surface area contributed by atoms with E-state index < -0.39 is 0 Å². The topological polar surface area (TPSA) is 53.7 Å². The SMILES string of the molecule is C=CCc1ccc(OCc2cc(-c3ccccc3OC)no2)c(OC)c1. The number of hydrogen-bond acceptors (Lipinski definition) is 5. The van der Waals surface area contributed by atoms with Crippen LogP contribution in [0.1, 0.15) is 11.3 Å². The summed E-state index contributed by atoms with van der Waals surface area (Å²) in [6, 6.07) is 15.3. The summed E-state index contributed by atoms with van der Waals surface area (Å²) in [6.45, 7) is 4.00. The zero-order chi connectivity index (χ0) is 18.4. The molecular weight excluding hydrogens is 330 g/mol. The first-order valence-electron chi connectivity index (χ1n) is 8.24. The van der Waals surface area contributed by atoms with Crippen molar-refractivity contribution in [3.63, 3.8) is 0 Å². The van der Waals surface area contributed by atoms with Crippen molar-refractivity contribution in [1.82, 2.24) is 5.16 Å². The molecule has 0 bridgehead atoms. The van der Waals surface area contributed by atoms with Crippen LogP contribution in [0.2, 0.25) is 0 Å². The maximum Gasteiger partial charge on any atom is 0.174 e. The lowest BCUT2D eigenvalue weighted by Gasteiger charge is -2.10. The van der Waals surface area contributed by atoms with Gasteiger partial charge in [-0.25, -0.2) is 0 Å². The molecule has 0 radical (unpaired) electrons. The molecular formula is C21H21NO4. The van der Waals surface area contributed by atoms with Gasteiger partial charge in [0.2, 0.25) is 0 Å². The fraction of sp³-hybridized carbons (Fsp3) is 0.190. The minimum absolute atomic E-state index is 0.249. The number of rotatable bonds is 8. The highest BCUT2D eigenvalue weighted by Crippen LogP contribution is 2.31. The van der Waals surface area contributed by atoms with Crippen molar-refractivity contribution in [2.75, 3.05) is 14.2 Å². The molecule has 0 atom stereocenters. The first-order chi connectivity index (χ1) is 12.7. The average Bonchev–Trinajstić information content (AvgIpc) is 3.16. The van der Waals surface area contributed by atoms with E-state index in [1.807, 2.05) is 54.6 Å². The molecule has 2 aromatic carbocycles. The first-order valence-corrected chi connectivity index (χ1v) is 8.24.